The zero-order valence-corrected chi connectivity index (χ0v) is 13.6. The van der Waals surface area contributed by atoms with E-state index in [0.29, 0.717) is 0 Å². The van der Waals surface area contributed by atoms with Gasteiger partial charge in [0.25, 0.3) is 0 Å². The van der Waals surface area contributed by atoms with Crippen LogP contribution in [0.5, 0.6) is 5.75 Å². The number of nitrogens with two attached hydrogens (primary N) is 1. The van der Waals surface area contributed by atoms with Gasteiger partial charge >= 0.3 is 0 Å². The van der Waals surface area contributed by atoms with Gasteiger partial charge in [0.2, 0.25) is 0 Å². The zero-order chi connectivity index (χ0) is 15.3. The van der Waals surface area contributed by atoms with E-state index in [1.165, 1.54) is 10.9 Å². The normalized spacial score (nSPS) is 12.0. The lowest BCUT2D eigenvalue weighted by Crippen LogP contribution is -2.23. The Morgan fingerprint density at radius 2 is 2.05 bits per heavy atom. The van der Waals surface area contributed by atoms with Crippen molar-refractivity contribution in [1.29, 1.82) is 0 Å². The van der Waals surface area contributed by atoms with Crippen molar-refractivity contribution in [3.05, 3.63) is 30.5 Å². The van der Waals surface area contributed by atoms with E-state index in [1.54, 1.807) is 0 Å². The fraction of sp³-hybridized carbons (Fsp3) is 0.556. The number of benzene rings is 1. The standard InChI is InChI=1S/C18H28N2O/c1-4-12-21-16-6-7-17-15(13-16)8-11-20(17)10-5-9-18(2,3)14-19/h6-8,11,13H,4-5,9-10,12,14,19H2,1-3H3. The first-order chi connectivity index (χ1) is 10.1. The molecule has 1 heterocycles. The van der Waals surface area contributed by atoms with Gasteiger partial charge in [0, 0.05) is 23.6 Å². The lowest BCUT2D eigenvalue weighted by Gasteiger charge is -2.22. The molecule has 2 aromatic rings. The monoisotopic (exact) mass is 288 g/mol. The maximum absolute atomic E-state index is 5.79. The molecule has 0 aliphatic rings. The molecule has 1 aromatic heterocycles. The summed E-state index contributed by atoms with van der Waals surface area (Å²) in [6, 6.07) is 8.53. The fourth-order valence-corrected chi connectivity index (χ4v) is 2.51. The Kier molecular flexibility index (Phi) is 5.29. The fourth-order valence-electron chi connectivity index (χ4n) is 2.51. The van der Waals surface area contributed by atoms with Crippen molar-refractivity contribution in [3.63, 3.8) is 0 Å². The maximum atomic E-state index is 5.79. The van der Waals surface area contributed by atoms with Crippen LogP contribution < -0.4 is 10.5 Å². The molecule has 2 N–H and O–H groups in total. The summed E-state index contributed by atoms with van der Waals surface area (Å²) in [6.07, 6.45) is 5.52. The molecule has 0 atom stereocenters. The molecule has 0 aliphatic heterocycles. The Morgan fingerprint density at radius 3 is 2.76 bits per heavy atom. The van der Waals surface area contributed by atoms with Crippen LogP contribution in [0.25, 0.3) is 10.9 Å². The zero-order valence-electron chi connectivity index (χ0n) is 13.6. The van der Waals surface area contributed by atoms with Gasteiger partial charge in [0.1, 0.15) is 5.75 Å². The molecule has 0 bridgehead atoms. The largest absolute Gasteiger partial charge is 0.494 e. The van der Waals surface area contributed by atoms with Crippen molar-refractivity contribution in [3.8, 4) is 5.75 Å². The molecule has 0 unspecified atom stereocenters. The number of hydrogen-bond acceptors (Lipinski definition) is 2. The molecule has 0 saturated carbocycles. The third kappa shape index (κ3) is 4.24. The second kappa shape index (κ2) is 6.99. The molecular formula is C18H28N2O. The number of ether oxygens (including phenoxy) is 1. The molecule has 21 heavy (non-hydrogen) atoms. The van der Waals surface area contributed by atoms with Crippen LogP contribution in [0.2, 0.25) is 0 Å². The van der Waals surface area contributed by atoms with E-state index in [9.17, 15) is 0 Å². The number of fused-ring (bicyclic) bond motifs is 1. The third-order valence-electron chi connectivity index (χ3n) is 4.02. The Bertz CT molecular complexity index is 572. The van der Waals surface area contributed by atoms with E-state index in [2.05, 4.69) is 55.8 Å². The Morgan fingerprint density at radius 1 is 1.24 bits per heavy atom. The second-order valence-corrected chi connectivity index (χ2v) is 6.55. The smallest absolute Gasteiger partial charge is 0.120 e. The summed E-state index contributed by atoms with van der Waals surface area (Å²) in [5.41, 5.74) is 7.31. The topological polar surface area (TPSA) is 40.2 Å². The molecule has 3 nitrogen and oxygen atoms in total. The average molecular weight is 288 g/mol. The van der Waals surface area contributed by atoms with Gasteiger partial charge in [-0.15, -0.1) is 0 Å². The first kappa shape index (κ1) is 15.9. The maximum Gasteiger partial charge on any atom is 0.120 e. The Labute approximate surface area is 128 Å². The molecule has 1 aromatic carbocycles. The Hall–Kier alpha value is -1.48. The van der Waals surface area contributed by atoms with Crippen molar-refractivity contribution >= 4 is 10.9 Å². The Balaban J connectivity index is 2.01. The molecule has 116 valence electrons. The minimum Gasteiger partial charge on any atom is -0.494 e. The number of nitrogens with zero attached hydrogens (tertiary/aromatic N) is 1. The first-order valence-electron chi connectivity index (χ1n) is 7.97. The van der Waals surface area contributed by atoms with E-state index in [-0.39, 0.29) is 5.41 Å². The summed E-state index contributed by atoms with van der Waals surface area (Å²) < 4.78 is 8.01. The summed E-state index contributed by atoms with van der Waals surface area (Å²) in [5, 5.41) is 1.25. The average Bonchev–Trinajstić information content (AvgIpc) is 2.87. The summed E-state index contributed by atoms with van der Waals surface area (Å²) in [6.45, 7) is 9.16. The van der Waals surface area contributed by atoms with Gasteiger partial charge in [-0.3, -0.25) is 0 Å². The van der Waals surface area contributed by atoms with Crippen LogP contribution in [-0.4, -0.2) is 17.7 Å². The van der Waals surface area contributed by atoms with Crippen molar-refractivity contribution < 1.29 is 4.74 Å². The van der Waals surface area contributed by atoms with Crippen LogP contribution in [0.4, 0.5) is 0 Å². The van der Waals surface area contributed by atoms with Crippen LogP contribution in [-0.2, 0) is 6.54 Å². The van der Waals surface area contributed by atoms with Crippen molar-refractivity contribution in [2.75, 3.05) is 13.2 Å². The minimum absolute atomic E-state index is 0.240. The van der Waals surface area contributed by atoms with Crippen LogP contribution >= 0.6 is 0 Å². The van der Waals surface area contributed by atoms with Gasteiger partial charge in [-0.2, -0.15) is 0 Å². The highest BCUT2D eigenvalue weighted by Gasteiger charge is 2.14. The van der Waals surface area contributed by atoms with E-state index < -0.39 is 0 Å². The summed E-state index contributed by atoms with van der Waals surface area (Å²) in [7, 11) is 0. The van der Waals surface area contributed by atoms with E-state index in [0.717, 1.165) is 44.7 Å². The van der Waals surface area contributed by atoms with Gasteiger partial charge in [0.15, 0.2) is 0 Å². The number of hydrogen-bond donors (Lipinski definition) is 1. The highest BCUT2D eigenvalue weighted by atomic mass is 16.5. The molecule has 0 radical (unpaired) electrons. The van der Waals surface area contributed by atoms with Crippen LogP contribution in [0, 0.1) is 5.41 Å². The van der Waals surface area contributed by atoms with Crippen LogP contribution in [0.3, 0.4) is 0 Å². The molecule has 0 amide bonds. The lowest BCUT2D eigenvalue weighted by molar-refractivity contribution is 0.318. The minimum atomic E-state index is 0.240. The number of aryl methyl sites for hydroxylation is 1. The van der Waals surface area contributed by atoms with Gasteiger partial charge in [-0.25, -0.2) is 0 Å². The molecule has 2 rings (SSSR count). The number of aromatic nitrogens is 1. The molecule has 0 fully saturated rings. The highest BCUT2D eigenvalue weighted by molar-refractivity contribution is 5.81. The molecule has 0 spiro atoms. The van der Waals surface area contributed by atoms with Gasteiger partial charge < -0.3 is 15.0 Å². The lowest BCUT2D eigenvalue weighted by atomic mass is 9.88. The predicted molar refractivity (Wildman–Crippen MR) is 89.8 cm³/mol. The quantitative estimate of drug-likeness (QED) is 0.791. The number of rotatable bonds is 8. The van der Waals surface area contributed by atoms with E-state index in [1.807, 2.05) is 0 Å². The SMILES string of the molecule is CCCOc1ccc2c(ccn2CCCC(C)(C)CN)c1. The molecular weight excluding hydrogens is 260 g/mol. The van der Waals surface area contributed by atoms with Crippen molar-refractivity contribution in [2.24, 2.45) is 11.1 Å². The highest BCUT2D eigenvalue weighted by Crippen LogP contribution is 2.24. The first-order valence-corrected chi connectivity index (χ1v) is 7.97. The van der Waals surface area contributed by atoms with E-state index in [4.69, 9.17) is 10.5 Å². The van der Waals surface area contributed by atoms with Gasteiger partial charge in [-0.1, -0.05) is 20.8 Å². The van der Waals surface area contributed by atoms with Crippen molar-refractivity contribution in [1.82, 2.24) is 4.57 Å². The predicted octanol–water partition coefficient (Wildman–Crippen LogP) is 4.20. The molecule has 0 aliphatic carbocycles. The van der Waals surface area contributed by atoms with Crippen molar-refractivity contribution in [2.45, 2.75) is 46.6 Å². The van der Waals surface area contributed by atoms with Crippen LogP contribution in [0.1, 0.15) is 40.0 Å². The summed E-state index contributed by atoms with van der Waals surface area (Å²) in [4.78, 5) is 0. The molecule has 3 heteroatoms. The summed E-state index contributed by atoms with van der Waals surface area (Å²) in [5.74, 6) is 0.964. The van der Waals surface area contributed by atoms with Gasteiger partial charge in [-0.05, 0) is 55.5 Å². The molecule has 0 saturated heterocycles. The third-order valence-corrected chi connectivity index (χ3v) is 4.02. The van der Waals surface area contributed by atoms with E-state index >= 15 is 0 Å². The van der Waals surface area contributed by atoms with Crippen LogP contribution in [0.15, 0.2) is 30.5 Å². The van der Waals surface area contributed by atoms with Gasteiger partial charge in [0.05, 0.1) is 6.61 Å². The summed E-state index contributed by atoms with van der Waals surface area (Å²) >= 11 is 0. The second-order valence-electron chi connectivity index (χ2n) is 6.55.